The number of rotatable bonds is 3. The minimum atomic E-state index is -0.424. The zero-order valence-corrected chi connectivity index (χ0v) is 9.93. The van der Waals surface area contributed by atoms with Crippen LogP contribution in [0.25, 0.3) is 0 Å². The maximum absolute atomic E-state index is 5.91. The zero-order valence-electron chi connectivity index (χ0n) is 9.93. The second-order valence-corrected chi connectivity index (χ2v) is 4.69. The van der Waals surface area contributed by atoms with Gasteiger partial charge in [-0.1, -0.05) is 30.3 Å². The molecular formula is C14H18O3. The van der Waals surface area contributed by atoms with E-state index in [9.17, 15) is 0 Å². The van der Waals surface area contributed by atoms with E-state index in [1.165, 1.54) is 5.56 Å². The van der Waals surface area contributed by atoms with Crippen molar-refractivity contribution in [2.75, 3.05) is 13.2 Å². The Morgan fingerprint density at radius 1 is 1.18 bits per heavy atom. The molecule has 1 unspecified atom stereocenters. The summed E-state index contributed by atoms with van der Waals surface area (Å²) in [6, 6.07) is 10.2. The van der Waals surface area contributed by atoms with Crippen molar-refractivity contribution in [2.45, 2.75) is 37.8 Å². The molecule has 2 aliphatic rings. The predicted octanol–water partition coefficient (Wildman–Crippen LogP) is 2.50. The fourth-order valence-electron chi connectivity index (χ4n) is 2.40. The first-order valence-electron chi connectivity index (χ1n) is 6.32. The molecule has 3 heteroatoms. The van der Waals surface area contributed by atoms with Gasteiger partial charge in [-0.2, -0.15) is 0 Å². The van der Waals surface area contributed by atoms with Crippen LogP contribution >= 0.6 is 0 Å². The van der Waals surface area contributed by atoms with Gasteiger partial charge in [0.05, 0.1) is 19.8 Å². The molecule has 1 heterocycles. The van der Waals surface area contributed by atoms with Gasteiger partial charge >= 0.3 is 0 Å². The highest BCUT2D eigenvalue weighted by atomic mass is 16.7. The SMILES string of the molecule is c1ccc(COC2CCC23OCCCO3)cc1. The molecule has 3 nitrogen and oxygen atoms in total. The minimum absolute atomic E-state index is 0.100. The Kier molecular flexibility index (Phi) is 3.14. The third-order valence-electron chi connectivity index (χ3n) is 3.52. The molecular weight excluding hydrogens is 216 g/mol. The Labute approximate surface area is 102 Å². The van der Waals surface area contributed by atoms with Crippen LogP contribution in [0.15, 0.2) is 30.3 Å². The second-order valence-electron chi connectivity index (χ2n) is 4.69. The van der Waals surface area contributed by atoms with E-state index in [0.717, 1.165) is 32.5 Å². The van der Waals surface area contributed by atoms with Crippen LogP contribution in [-0.4, -0.2) is 25.1 Å². The molecule has 0 radical (unpaired) electrons. The van der Waals surface area contributed by atoms with Crippen LogP contribution in [0.4, 0.5) is 0 Å². The van der Waals surface area contributed by atoms with Crippen molar-refractivity contribution in [3.8, 4) is 0 Å². The van der Waals surface area contributed by atoms with Crippen LogP contribution < -0.4 is 0 Å². The first-order chi connectivity index (χ1) is 8.39. The van der Waals surface area contributed by atoms with Gasteiger partial charge in [0.15, 0.2) is 5.79 Å². The standard InChI is InChI=1S/C14H18O3/c1-2-5-12(6-3-1)11-15-13-7-8-14(13)16-9-4-10-17-14/h1-3,5-6,13H,4,7-11H2. The maximum Gasteiger partial charge on any atom is 0.194 e. The van der Waals surface area contributed by atoms with Crippen LogP contribution in [0.2, 0.25) is 0 Å². The molecule has 0 bridgehead atoms. The smallest absolute Gasteiger partial charge is 0.194 e. The lowest BCUT2D eigenvalue weighted by atomic mass is 9.86. The van der Waals surface area contributed by atoms with Crippen molar-refractivity contribution in [3.05, 3.63) is 35.9 Å². The lowest BCUT2D eigenvalue weighted by Crippen LogP contribution is -2.58. The molecule has 2 fully saturated rings. The van der Waals surface area contributed by atoms with Crippen molar-refractivity contribution < 1.29 is 14.2 Å². The van der Waals surface area contributed by atoms with Gasteiger partial charge in [-0.3, -0.25) is 0 Å². The van der Waals surface area contributed by atoms with Crippen molar-refractivity contribution >= 4 is 0 Å². The van der Waals surface area contributed by atoms with Crippen LogP contribution in [0, 0.1) is 0 Å². The molecule has 3 rings (SSSR count). The van der Waals surface area contributed by atoms with E-state index < -0.39 is 5.79 Å². The van der Waals surface area contributed by atoms with E-state index >= 15 is 0 Å². The predicted molar refractivity (Wildman–Crippen MR) is 63.5 cm³/mol. The van der Waals surface area contributed by atoms with Gasteiger partial charge in [0.25, 0.3) is 0 Å². The Morgan fingerprint density at radius 3 is 2.59 bits per heavy atom. The maximum atomic E-state index is 5.91. The number of hydrogen-bond acceptors (Lipinski definition) is 3. The summed E-state index contributed by atoms with van der Waals surface area (Å²) in [4.78, 5) is 0. The molecule has 1 saturated heterocycles. The molecule has 1 aromatic rings. The van der Waals surface area contributed by atoms with Gasteiger partial charge in [-0.15, -0.1) is 0 Å². The highest BCUT2D eigenvalue weighted by molar-refractivity contribution is 5.13. The summed E-state index contributed by atoms with van der Waals surface area (Å²) < 4.78 is 17.4. The lowest BCUT2D eigenvalue weighted by Gasteiger charge is -2.49. The quantitative estimate of drug-likeness (QED) is 0.804. The zero-order chi connectivity index (χ0) is 11.6. The average molecular weight is 234 g/mol. The van der Waals surface area contributed by atoms with E-state index in [2.05, 4.69) is 12.1 Å². The first kappa shape index (κ1) is 11.2. The molecule has 0 aromatic heterocycles. The van der Waals surface area contributed by atoms with E-state index in [1.54, 1.807) is 0 Å². The molecule has 1 saturated carbocycles. The molecule has 92 valence electrons. The van der Waals surface area contributed by atoms with Gasteiger partial charge in [0.1, 0.15) is 6.10 Å². The summed E-state index contributed by atoms with van der Waals surface area (Å²) in [7, 11) is 0. The van der Waals surface area contributed by atoms with E-state index in [-0.39, 0.29) is 6.10 Å². The third kappa shape index (κ3) is 2.23. The molecule has 1 atom stereocenters. The fourth-order valence-corrected chi connectivity index (χ4v) is 2.40. The Hall–Kier alpha value is -0.900. The Morgan fingerprint density at radius 2 is 1.94 bits per heavy atom. The summed E-state index contributed by atoms with van der Waals surface area (Å²) in [5, 5.41) is 0. The first-order valence-corrected chi connectivity index (χ1v) is 6.32. The number of ether oxygens (including phenoxy) is 3. The fraction of sp³-hybridized carbons (Fsp3) is 0.571. The molecule has 1 aromatic carbocycles. The van der Waals surface area contributed by atoms with Gasteiger partial charge in [0, 0.05) is 6.42 Å². The summed E-state index contributed by atoms with van der Waals surface area (Å²) in [6.45, 7) is 2.23. The van der Waals surface area contributed by atoms with E-state index in [1.807, 2.05) is 18.2 Å². The van der Waals surface area contributed by atoms with Crippen molar-refractivity contribution in [3.63, 3.8) is 0 Å². The molecule has 1 spiro atoms. The monoisotopic (exact) mass is 234 g/mol. The molecule has 0 N–H and O–H groups in total. The number of hydrogen-bond donors (Lipinski definition) is 0. The summed E-state index contributed by atoms with van der Waals surface area (Å²) in [6.07, 6.45) is 3.09. The lowest BCUT2D eigenvalue weighted by molar-refractivity contribution is -0.357. The van der Waals surface area contributed by atoms with Gasteiger partial charge in [-0.25, -0.2) is 0 Å². The van der Waals surface area contributed by atoms with Crippen molar-refractivity contribution in [2.24, 2.45) is 0 Å². The van der Waals surface area contributed by atoms with Crippen molar-refractivity contribution in [1.29, 1.82) is 0 Å². The topological polar surface area (TPSA) is 27.7 Å². The van der Waals surface area contributed by atoms with Crippen LogP contribution in [0.3, 0.4) is 0 Å². The largest absolute Gasteiger partial charge is 0.368 e. The van der Waals surface area contributed by atoms with Crippen LogP contribution in [-0.2, 0) is 20.8 Å². The molecule has 0 amide bonds. The van der Waals surface area contributed by atoms with E-state index in [0.29, 0.717) is 6.61 Å². The van der Waals surface area contributed by atoms with E-state index in [4.69, 9.17) is 14.2 Å². The van der Waals surface area contributed by atoms with Gasteiger partial charge in [-0.05, 0) is 18.4 Å². The Balaban J connectivity index is 1.56. The third-order valence-corrected chi connectivity index (χ3v) is 3.52. The molecule has 1 aliphatic carbocycles. The van der Waals surface area contributed by atoms with Gasteiger partial charge in [0.2, 0.25) is 0 Å². The van der Waals surface area contributed by atoms with Crippen LogP contribution in [0.1, 0.15) is 24.8 Å². The second kappa shape index (κ2) is 4.77. The summed E-state index contributed by atoms with van der Waals surface area (Å²) in [5.41, 5.74) is 1.20. The highest BCUT2D eigenvalue weighted by Gasteiger charge is 2.51. The molecule has 17 heavy (non-hydrogen) atoms. The van der Waals surface area contributed by atoms with Gasteiger partial charge < -0.3 is 14.2 Å². The Bertz CT molecular complexity index is 357. The highest BCUT2D eigenvalue weighted by Crippen LogP contribution is 2.41. The molecule has 1 aliphatic heterocycles. The minimum Gasteiger partial charge on any atom is -0.368 e. The summed E-state index contributed by atoms with van der Waals surface area (Å²) in [5.74, 6) is -0.424. The van der Waals surface area contributed by atoms with Crippen LogP contribution in [0.5, 0.6) is 0 Å². The average Bonchev–Trinajstić information content (AvgIpc) is 2.40. The normalized spacial score (nSPS) is 26.7. The number of benzene rings is 1. The summed E-state index contributed by atoms with van der Waals surface area (Å²) >= 11 is 0. The van der Waals surface area contributed by atoms with Crippen molar-refractivity contribution in [1.82, 2.24) is 0 Å².